The summed E-state index contributed by atoms with van der Waals surface area (Å²) in [6.07, 6.45) is 3.57. The Bertz CT molecular complexity index is 300. The van der Waals surface area contributed by atoms with Gasteiger partial charge in [0.1, 0.15) is 0 Å². The van der Waals surface area contributed by atoms with Crippen molar-refractivity contribution in [2.45, 2.75) is 64.6 Å². The van der Waals surface area contributed by atoms with Crippen LogP contribution in [0.1, 0.15) is 46.5 Å². The van der Waals surface area contributed by atoms with Gasteiger partial charge >= 0.3 is 0 Å². The fourth-order valence-corrected chi connectivity index (χ4v) is 3.32. The van der Waals surface area contributed by atoms with Gasteiger partial charge < -0.3 is 22.3 Å². The zero-order chi connectivity index (χ0) is 14.6. The minimum atomic E-state index is -0.405. The minimum absolute atomic E-state index is 0.0299. The molecule has 1 rings (SSSR count). The molecular formula is C14H30N4O. The summed E-state index contributed by atoms with van der Waals surface area (Å²) in [5, 5.41) is 10.3. The molecule has 0 aromatic rings. The highest BCUT2D eigenvalue weighted by Crippen LogP contribution is 2.37. The second-order valence-corrected chi connectivity index (χ2v) is 5.98. The lowest BCUT2D eigenvalue weighted by molar-refractivity contribution is 0.0779. The van der Waals surface area contributed by atoms with Crippen LogP contribution in [0.3, 0.4) is 0 Å². The first-order valence-corrected chi connectivity index (χ1v) is 7.43. The maximum Gasteiger partial charge on any atom is 0.186 e. The summed E-state index contributed by atoms with van der Waals surface area (Å²) >= 11 is 0. The molecule has 1 aliphatic carbocycles. The van der Waals surface area contributed by atoms with Crippen LogP contribution in [0, 0.1) is 17.8 Å². The van der Waals surface area contributed by atoms with Gasteiger partial charge in [-0.05, 0) is 24.7 Å². The summed E-state index contributed by atoms with van der Waals surface area (Å²) in [6, 6.07) is -0.0858. The largest absolute Gasteiger partial charge is 0.392 e. The van der Waals surface area contributed by atoms with Crippen LogP contribution in [-0.4, -0.2) is 29.3 Å². The summed E-state index contributed by atoms with van der Waals surface area (Å²) in [7, 11) is 0. The van der Waals surface area contributed by atoms with Crippen molar-refractivity contribution in [3.63, 3.8) is 0 Å². The maximum absolute atomic E-state index is 10.3. The third-order valence-electron chi connectivity index (χ3n) is 4.60. The Morgan fingerprint density at radius 2 is 1.89 bits per heavy atom. The van der Waals surface area contributed by atoms with Crippen molar-refractivity contribution in [2.24, 2.45) is 39.9 Å². The van der Waals surface area contributed by atoms with E-state index in [4.69, 9.17) is 17.2 Å². The van der Waals surface area contributed by atoms with Crippen LogP contribution in [0.5, 0.6) is 0 Å². The van der Waals surface area contributed by atoms with Gasteiger partial charge in [-0.2, -0.15) is 0 Å². The van der Waals surface area contributed by atoms with Gasteiger partial charge in [0.2, 0.25) is 0 Å². The molecule has 0 heterocycles. The average Bonchev–Trinajstić information content (AvgIpc) is 2.60. The first-order chi connectivity index (χ1) is 8.90. The quantitative estimate of drug-likeness (QED) is 0.422. The molecule has 112 valence electrons. The number of hydrogen-bond donors (Lipinski definition) is 4. The molecule has 19 heavy (non-hydrogen) atoms. The molecule has 1 aliphatic rings. The van der Waals surface area contributed by atoms with E-state index in [9.17, 15) is 5.11 Å². The third-order valence-corrected chi connectivity index (χ3v) is 4.60. The highest BCUT2D eigenvalue weighted by molar-refractivity contribution is 5.75. The molecule has 0 amide bonds. The first kappa shape index (κ1) is 16.2. The number of aliphatic hydroxyl groups is 1. The van der Waals surface area contributed by atoms with Gasteiger partial charge in [-0.1, -0.05) is 33.6 Å². The molecular weight excluding hydrogens is 240 g/mol. The molecule has 0 aliphatic heterocycles. The molecule has 0 radical (unpaired) electrons. The molecule has 5 atom stereocenters. The molecule has 0 spiro atoms. The molecule has 0 aromatic carbocycles. The maximum atomic E-state index is 10.3. The van der Waals surface area contributed by atoms with Crippen molar-refractivity contribution in [3.8, 4) is 0 Å². The molecule has 5 nitrogen and oxygen atoms in total. The van der Waals surface area contributed by atoms with Crippen LogP contribution >= 0.6 is 0 Å². The van der Waals surface area contributed by atoms with Crippen molar-refractivity contribution < 1.29 is 5.11 Å². The van der Waals surface area contributed by atoms with Crippen LogP contribution < -0.4 is 17.2 Å². The van der Waals surface area contributed by atoms with E-state index in [0.717, 1.165) is 25.7 Å². The summed E-state index contributed by atoms with van der Waals surface area (Å²) in [4.78, 5) is 4.27. The van der Waals surface area contributed by atoms with E-state index in [2.05, 4.69) is 18.8 Å². The Kier molecular flexibility index (Phi) is 6.07. The van der Waals surface area contributed by atoms with Crippen molar-refractivity contribution in [1.29, 1.82) is 0 Å². The van der Waals surface area contributed by atoms with E-state index < -0.39 is 6.10 Å². The fourth-order valence-electron chi connectivity index (χ4n) is 3.32. The van der Waals surface area contributed by atoms with Gasteiger partial charge in [0.05, 0.1) is 12.1 Å². The molecule has 0 bridgehead atoms. The number of nitrogens with zero attached hydrogens (tertiary/aromatic N) is 1. The second kappa shape index (κ2) is 7.10. The van der Waals surface area contributed by atoms with Crippen LogP contribution in [0.2, 0.25) is 0 Å². The topological polar surface area (TPSA) is 111 Å². The van der Waals surface area contributed by atoms with Gasteiger partial charge in [0, 0.05) is 12.0 Å². The summed E-state index contributed by atoms with van der Waals surface area (Å²) in [5.74, 6) is 0.868. The zero-order valence-corrected chi connectivity index (χ0v) is 12.4. The van der Waals surface area contributed by atoms with Gasteiger partial charge in [0.25, 0.3) is 0 Å². The first-order valence-electron chi connectivity index (χ1n) is 7.43. The SMILES string of the molecule is CCC(CC)CC(N)C1C(N=C(N)N)CC(C)C1O. The summed E-state index contributed by atoms with van der Waals surface area (Å²) < 4.78 is 0. The lowest BCUT2D eigenvalue weighted by Gasteiger charge is -2.29. The molecule has 7 N–H and O–H groups in total. The molecule has 1 fully saturated rings. The lowest BCUT2D eigenvalue weighted by Crippen LogP contribution is -2.42. The second-order valence-electron chi connectivity index (χ2n) is 5.98. The number of nitrogens with two attached hydrogens (primary N) is 3. The highest BCUT2D eigenvalue weighted by atomic mass is 16.3. The number of aliphatic hydroxyl groups excluding tert-OH is 1. The Balaban J connectivity index is 2.78. The number of hydrogen-bond acceptors (Lipinski definition) is 3. The van der Waals surface area contributed by atoms with Crippen molar-refractivity contribution >= 4 is 5.96 Å². The molecule has 0 saturated heterocycles. The number of aliphatic imine (C=N–C) groups is 1. The van der Waals surface area contributed by atoms with Crippen LogP contribution in [0.15, 0.2) is 4.99 Å². The van der Waals surface area contributed by atoms with Crippen molar-refractivity contribution in [1.82, 2.24) is 0 Å². The number of guanidine groups is 1. The van der Waals surface area contributed by atoms with Gasteiger partial charge in [0.15, 0.2) is 5.96 Å². The van der Waals surface area contributed by atoms with E-state index in [-0.39, 0.29) is 29.9 Å². The molecule has 5 unspecified atom stereocenters. The molecule has 0 aromatic heterocycles. The van der Waals surface area contributed by atoms with E-state index in [1.54, 1.807) is 0 Å². The van der Waals surface area contributed by atoms with Crippen molar-refractivity contribution in [2.75, 3.05) is 0 Å². The fraction of sp³-hybridized carbons (Fsp3) is 0.929. The van der Waals surface area contributed by atoms with Crippen LogP contribution in [0.4, 0.5) is 0 Å². The molecule has 5 heteroatoms. The van der Waals surface area contributed by atoms with Gasteiger partial charge in [-0.25, -0.2) is 4.99 Å². The predicted molar refractivity (Wildman–Crippen MR) is 79.5 cm³/mol. The third kappa shape index (κ3) is 4.08. The number of rotatable bonds is 6. The van der Waals surface area contributed by atoms with E-state index in [1.165, 1.54) is 0 Å². The average molecular weight is 270 g/mol. The predicted octanol–water partition coefficient (Wildman–Crippen LogP) is 0.799. The Hall–Kier alpha value is -0.810. The zero-order valence-electron chi connectivity index (χ0n) is 12.4. The Morgan fingerprint density at radius 1 is 1.32 bits per heavy atom. The van der Waals surface area contributed by atoms with E-state index >= 15 is 0 Å². The van der Waals surface area contributed by atoms with Crippen molar-refractivity contribution in [3.05, 3.63) is 0 Å². The van der Waals surface area contributed by atoms with Crippen LogP contribution in [-0.2, 0) is 0 Å². The van der Waals surface area contributed by atoms with Gasteiger partial charge in [-0.3, -0.25) is 0 Å². The Morgan fingerprint density at radius 3 is 2.37 bits per heavy atom. The molecule has 1 saturated carbocycles. The smallest absolute Gasteiger partial charge is 0.186 e. The summed E-state index contributed by atoms with van der Waals surface area (Å²) in [5.41, 5.74) is 17.3. The summed E-state index contributed by atoms with van der Waals surface area (Å²) in [6.45, 7) is 6.40. The van der Waals surface area contributed by atoms with E-state index in [0.29, 0.717) is 5.92 Å². The van der Waals surface area contributed by atoms with E-state index in [1.807, 2.05) is 6.92 Å². The van der Waals surface area contributed by atoms with Crippen LogP contribution in [0.25, 0.3) is 0 Å². The lowest BCUT2D eigenvalue weighted by atomic mass is 9.84. The van der Waals surface area contributed by atoms with Gasteiger partial charge in [-0.15, -0.1) is 0 Å². The monoisotopic (exact) mass is 270 g/mol. The highest BCUT2D eigenvalue weighted by Gasteiger charge is 2.43. The minimum Gasteiger partial charge on any atom is -0.392 e. The Labute approximate surface area is 116 Å². The standard InChI is InChI=1S/C14H30N4O/c1-4-9(5-2)7-10(15)12-11(18-14(16)17)6-8(3)13(12)19/h8-13,19H,4-7,15H2,1-3H3,(H4,16,17,18). The normalized spacial score (nSPS) is 32.5.